The first-order chi connectivity index (χ1) is 8.36. The second-order valence-electron chi connectivity index (χ2n) is 3.41. The van der Waals surface area contributed by atoms with Crippen LogP contribution in [0.25, 0.3) is 0 Å². The minimum absolute atomic E-state index is 0. The third kappa shape index (κ3) is 10.5. The number of aliphatic carboxylic acids is 1. The first-order valence-electron chi connectivity index (χ1n) is 5.38. The standard InChI is InChI=1S/C11H17NO6.Na.H/c1-4-17-11(16)8(3)18-10(15)5-7(2)12-6-9(13)14;;/h5,8,12H,4,6H2,1-3H3,(H,13,14);;/q;+1;-1. The van der Waals surface area contributed by atoms with E-state index in [1.165, 1.54) is 13.8 Å². The number of carbonyl (C=O) groups excluding carboxylic acids is 2. The number of hydrogen-bond donors (Lipinski definition) is 2. The molecule has 19 heavy (non-hydrogen) atoms. The molecule has 1 atom stereocenters. The maximum atomic E-state index is 11.3. The number of ether oxygens (including phenoxy) is 2. The van der Waals surface area contributed by atoms with Gasteiger partial charge in [0.1, 0.15) is 6.54 Å². The minimum atomic E-state index is -1.05. The van der Waals surface area contributed by atoms with Crippen LogP contribution in [0.2, 0.25) is 0 Å². The van der Waals surface area contributed by atoms with E-state index in [9.17, 15) is 14.4 Å². The summed E-state index contributed by atoms with van der Waals surface area (Å²) < 4.78 is 9.42. The Morgan fingerprint density at radius 1 is 1.42 bits per heavy atom. The van der Waals surface area contributed by atoms with Gasteiger partial charge in [-0.2, -0.15) is 0 Å². The molecule has 0 aromatic rings. The molecule has 0 heterocycles. The van der Waals surface area contributed by atoms with Gasteiger partial charge < -0.3 is 21.3 Å². The summed E-state index contributed by atoms with van der Waals surface area (Å²) in [5.41, 5.74) is 0.332. The molecule has 0 aliphatic carbocycles. The van der Waals surface area contributed by atoms with Gasteiger partial charge in [-0.25, -0.2) is 9.59 Å². The van der Waals surface area contributed by atoms with E-state index in [-0.39, 0.29) is 44.1 Å². The zero-order valence-electron chi connectivity index (χ0n) is 12.6. The summed E-state index contributed by atoms with van der Waals surface area (Å²) in [7, 11) is 0. The Hall–Kier alpha value is -1.05. The van der Waals surface area contributed by atoms with Crippen molar-refractivity contribution in [3.63, 3.8) is 0 Å². The molecule has 8 heteroatoms. The molecule has 0 amide bonds. The molecule has 0 rings (SSSR count). The van der Waals surface area contributed by atoms with Crippen molar-refractivity contribution < 1.29 is 59.9 Å². The molecular formula is C11H18NNaO6. The second kappa shape index (κ2) is 10.8. The normalized spacial score (nSPS) is 11.8. The Labute approximate surface area is 135 Å². The fourth-order valence-electron chi connectivity index (χ4n) is 0.959. The third-order valence-electron chi connectivity index (χ3n) is 1.76. The van der Waals surface area contributed by atoms with E-state index in [4.69, 9.17) is 9.84 Å². The number of hydrogen-bond acceptors (Lipinski definition) is 6. The Kier molecular flexibility index (Phi) is 11.6. The molecule has 0 aromatic carbocycles. The summed E-state index contributed by atoms with van der Waals surface area (Å²) in [5, 5.41) is 10.9. The molecule has 104 valence electrons. The first-order valence-corrected chi connectivity index (χ1v) is 5.38. The van der Waals surface area contributed by atoms with E-state index in [0.717, 1.165) is 6.08 Å². The topological polar surface area (TPSA) is 102 Å². The molecule has 0 fully saturated rings. The monoisotopic (exact) mass is 283 g/mol. The Morgan fingerprint density at radius 2 is 2.00 bits per heavy atom. The number of carboxylic acids is 1. The van der Waals surface area contributed by atoms with Crippen molar-refractivity contribution in [2.45, 2.75) is 26.9 Å². The van der Waals surface area contributed by atoms with Crippen LogP contribution >= 0.6 is 0 Å². The Morgan fingerprint density at radius 3 is 2.47 bits per heavy atom. The number of esters is 2. The molecule has 0 spiro atoms. The van der Waals surface area contributed by atoms with E-state index in [1.54, 1.807) is 6.92 Å². The van der Waals surface area contributed by atoms with Crippen molar-refractivity contribution in [2.24, 2.45) is 0 Å². The van der Waals surface area contributed by atoms with Crippen LogP contribution in [0.4, 0.5) is 0 Å². The van der Waals surface area contributed by atoms with Gasteiger partial charge in [-0.3, -0.25) is 4.79 Å². The molecule has 0 aromatic heterocycles. The number of carbonyl (C=O) groups is 3. The molecule has 0 aliphatic rings. The average molecular weight is 283 g/mol. The molecule has 0 saturated heterocycles. The summed E-state index contributed by atoms with van der Waals surface area (Å²) in [6.07, 6.45) is 0.0690. The van der Waals surface area contributed by atoms with E-state index in [0.29, 0.717) is 5.70 Å². The minimum Gasteiger partial charge on any atom is -1.00 e. The van der Waals surface area contributed by atoms with Crippen molar-refractivity contribution in [3.8, 4) is 0 Å². The predicted molar refractivity (Wildman–Crippen MR) is 62.7 cm³/mol. The Balaban J connectivity index is -0.00000144. The van der Waals surface area contributed by atoms with Crippen LogP contribution in [-0.4, -0.2) is 42.3 Å². The van der Waals surface area contributed by atoms with Crippen LogP contribution in [0.15, 0.2) is 11.8 Å². The van der Waals surface area contributed by atoms with Crippen LogP contribution in [0.1, 0.15) is 22.2 Å². The van der Waals surface area contributed by atoms with Gasteiger partial charge in [0.2, 0.25) is 0 Å². The van der Waals surface area contributed by atoms with E-state index in [1.807, 2.05) is 0 Å². The second-order valence-corrected chi connectivity index (χ2v) is 3.41. The SMILES string of the molecule is CCOC(=O)C(C)OC(=O)C=C(C)NCC(=O)O.[H-].[Na+]. The summed E-state index contributed by atoms with van der Waals surface area (Å²) in [5.74, 6) is -2.42. The number of rotatable bonds is 7. The van der Waals surface area contributed by atoms with Gasteiger partial charge in [0, 0.05) is 11.8 Å². The number of nitrogens with one attached hydrogen (secondary N) is 1. The zero-order valence-corrected chi connectivity index (χ0v) is 13.6. The quantitative estimate of drug-likeness (QED) is 0.295. The van der Waals surface area contributed by atoms with Crippen LogP contribution in [0.5, 0.6) is 0 Å². The van der Waals surface area contributed by atoms with Crippen molar-refractivity contribution in [1.29, 1.82) is 0 Å². The van der Waals surface area contributed by atoms with Gasteiger partial charge in [0.15, 0.2) is 6.10 Å². The van der Waals surface area contributed by atoms with Crippen molar-refractivity contribution in [1.82, 2.24) is 5.32 Å². The van der Waals surface area contributed by atoms with Crippen molar-refractivity contribution in [2.75, 3.05) is 13.2 Å². The zero-order chi connectivity index (χ0) is 14.1. The molecular weight excluding hydrogens is 265 g/mol. The fourth-order valence-corrected chi connectivity index (χ4v) is 0.959. The van der Waals surface area contributed by atoms with Crippen LogP contribution < -0.4 is 34.9 Å². The van der Waals surface area contributed by atoms with Gasteiger partial charge in [0.25, 0.3) is 0 Å². The number of allylic oxidation sites excluding steroid dienone is 1. The van der Waals surface area contributed by atoms with Crippen molar-refractivity contribution >= 4 is 17.9 Å². The van der Waals surface area contributed by atoms with Crippen LogP contribution in [0.3, 0.4) is 0 Å². The van der Waals surface area contributed by atoms with Crippen LogP contribution in [-0.2, 0) is 23.9 Å². The largest absolute Gasteiger partial charge is 1.00 e. The summed E-state index contributed by atoms with van der Waals surface area (Å²) in [6.45, 7) is 4.45. The number of carboxylic acid groups (broad SMARTS) is 1. The van der Waals surface area contributed by atoms with Gasteiger partial charge >= 0.3 is 47.5 Å². The summed E-state index contributed by atoms with van der Waals surface area (Å²) in [6, 6.07) is 0. The molecule has 2 N–H and O–H groups in total. The Bertz CT molecular complexity index is 361. The molecule has 0 bridgehead atoms. The molecule has 0 saturated carbocycles. The predicted octanol–water partition coefficient (Wildman–Crippen LogP) is -2.82. The molecule has 7 nitrogen and oxygen atoms in total. The van der Waals surface area contributed by atoms with Crippen LogP contribution in [0, 0.1) is 0 Å². The average Bonchev–Trinajstić information content (AvgIpc) is 2.26. The molecule has 1 unspecified atom stereocenters. The fraction of sp³-hybridized carbons (Fsp3) is 0.545. The van der Waals surface area contributed by atoms with E-state index < -0.39 is 24.0 Å². The van der Waals surface area contributed by atoms with Gasteiger partial charge in [-0.05, 0) is 20.8 Å². The van der Waals surface area contributed by atoms with E-state index >= 15 is 0 Å². The maximum Gasteiger partial charge on any atom is 1.00 e. The summed E-state index contributed by atoms with van der Waals surface area (Å²) in [4.78, 5) is 32.8. The van der Waals surface area contributed by atoms with Gasteiger partial charge in [-0.15, -0.1) is 0 Å². The van der Waals surface area contributed by atoms with Gasteiger partial charge in [0.05, 0.1) is 6.61 Å². The van der Waals surface area contributed by atoms with Gasteiger partial charge in [-0.1, -0.05) is 0 Å². The molecule has 0 aliphatic heterocycles. The molecule has 0 radical (unpaired) electrons. The third-order valence-corrected chi connectivity index (χ3v) is 1.76. The maximum absolute atomic E-state index is 11.3. The van der Waals surface area contributed by atoms with Crippen molar-refractivity contribution in [3.05, 3.63) is 11.8 Å². The first kappa shape index (κ1) is 20.3. The smallest absolute Gasteiger partial charge is 1.00 e. The summed E-state index contributed by atoms with van der Waals surface area (Å²) >= 11 is 0. The van der Waals surface area contributed by atoms with E-state index in [2.05, 4.69) is 10.1 Å².